The lowest BCUT2D eigenvalue weighted by Crippen LogP contribution is -2.11. The molecule has 8 heteroatoms. The van der Waals surface area contributed by atoms with Gasteiger partial charge in [0.25, 0.3) is 5.91 Å². The number of carbonyl (C=O) groups excluding carboxylic acids is 1. The SMILES string of the molecule is Cl.Nc1ncc(-c2ccc(NC(=O)c3ccc(F)c(Cl)c3)cc2)[nH]1. The van der Waals surface area contributed by atoms with Gasteiger partial charge in [0.15, 0.2) is 5.95 Å². The summed E-state index contributed by atoms with van der Waals surface area (Å²) in [7, 11) is 0. The molecular formula is C16H13Cl2FN4O. The average molecular weight is 367 g/mol. The predicted molar refractivity (Wildman–Crippen MR) is 95.0 cm³/mol. The van der Waals surface area contributed by atoms with Crippen LogP contribution in [0.2, 0.25) is 5.02 Å². The second-order valence-electron chi connectivity index (χ2n) is 4.84. The van der Waals surface area contributed by atoms with Crippen molar-refractivity contribution in [3.63, 3.8) is 0 Å². The van der Waals surface area contributed by atoms with E-state index in [9.17, 15) is 9.18 Å². The largest absolute Gasteiger partial charge is 0.369 e. The van der Waals surface area contributed by atoms with Crippen LogP contribution in [0.5, 0.6) is 0 Å². The molecule has 0 bridgehead atoms. The zero-order chi connectivity index (χ0) is 16.4. The number of halogens is 3. The molecule has 5 nitrogen and oxygen atoms in total. The number of nitrogens with one attached hydrogen (secondary N) is 2. The van der Waals surface area contributed by atoms with Gasteiger partial charge in [0.1, 0.15) is 5.82 Å². The number of anilines is 2. The number of H-pyrrole nitrogens is 1. The molecule has 0 atom stereocenters. The summed E-state index contributed by atoms with van der Waals surface area (Å²) in [5.41, 5.74) is 8.09. The summed E-state index contributed by atoms with van der Waals surface area (Å²) >= 11 is 5.68. The molecule has 3 aromatic rings. The first kappa shape index (κ1) is 17.8. The molecule has 0 fully saturated rings. The average Bonchev–Trinajstić information content (AvgIpc) is 2.97. The van der Waals surface area contributed by atoms with E-state index in [4.69, 9.17) is 17.3 Å². The van der Waals surface area contributed by atoms with Crippen LogP contribution in [0.4, 0.5) is 16.0 Å². The number of aromatic amines is 1. The molecule has 0 saturated carbocycles. The van der Waals surface area contributed by atoms with Gasteiger partial charge in [0.2, 0.25) is 0 Å². The molecule has 1 heterocycles. The van der Waals surface area contributed by atoms with Gasteiger partial charge in [-0.1, -0.05) is 23.7 Å². The zero-order valence-corrected chi connectivity index (χ0v) is 13.8. The minimum atomic E-state index is -0.564. The Labute approximate surface area is 148 Å². The highest BCUT2D eigenvalue weighted by atomic mass is 35.5. The van der Waals surface area contributed by atoms with Crippen molar-refractivity contribution in [2.75, 3.05) is 11.1 Å². The molecule has 0 saturated heterocycles. The highest BCUT2D eigenvalue weighted by Gasteiger charge is 2.09. The van der Waals surface area contributed by atoms with E-state index < -0.39 is 5.82 Å². The van der Waals surface area contributed by atoms with Gasteiger partial charge >= 0.3 is 0 Å². The van der Waals surface area contributed by atoms with Gasteiger partial charge in [-0.2, -0.15) is 0 Å². The lowest BCUT2D eigenvalue weighted by Gasteiger charge is -2.07. The van der Waals surface area contributed by atoms with Crippen LogP contribution < -0.4 is 11.1 Å². The number of hydrogen-bond donors (Lipinski definition) is 3. The van der Waals surface area contributed by atoms with Gasteiger partial charge in [0.05, 0.1) is 16.9 Å². The topological polar surface area (TPSA) is 83.8 Å². The molecule has 1 aromatic heterocycles. The van der Waals surface area contributed by atoms with Crippen molar-refractivity contribution in [3.8, 4) is 11.3 Å². The van der Waals surface area contributed by atoms with Crippen LogP contribution in [-0.4, -0.2) is 15.9 Å². The lowest BCUT2D eigenvalue weighted by atomic mass is 10.1. The Kier molecular flexibility index (Phi) is 5.43. The monoisotopic (exact) mass is 366 g/mol. The zero-order valence-electron chi connectivity index (χ0n) is 12.2. The van der Waals surface area contributed by atoms with Crippen molar-refractivity contribution < 1.29 is 9.18 Å². The smallest absolute Gasteiger partial charge is 0.255 e. The standard InChI is InChI=1S/C16H12ClFN4O.ClH/c17-12-7-10(3-6-13(12)18)15(23)21-11-4-1-9(2-5-11)14-8-20-16(19)22-14;/h1-8H,(H,21,23)(H3,19,20,22);1H. The summed E-state index contributed by atoms with van der Waals surface area (Å²) in [6.07, 6.45) is 1.63. The summed E-state index contributed by atoms with van der Waals surface area (Å²) in [5, 5.41) is 2.63. The number of amides is 1. The highest BCUT2D eigenvalue weighted by molar-refractivity contribution is 6.31. The maximum Gasteiger partial charge on any atom is 0.255 e. The van der Waals surface area contributed by atoms with Crippen molar-refractivity contribution >= 4 is 41.6 Å². The molecule has 0 spiro atoms. The Balaban J connectivity index is 0.00000208. The predicted octanol–water partition coefficient (Wildman–Crippen LogP) is 4.13. The number of hydrogen-bond acceptors (Lipinski definition) is 3. The van der Waals surface area contributed by atoms with E-state index in [0.717, 1.165) is 17.3 Å². The first-order valence-electron chi connectivity index (χ1n) is 6.70. The minimum Gasteiger partial charge on any atom is -0.369 e. The van der Waals surface area contributed by atoms with Crippen molar-refractivity contribution in [1.82, 2.24) is 9.97 Å². The van der Waals surface area contributed by atoms with Crippen molar-refractivity contribution in [2.45, 2.75) is 0 Å². The summed E-state index contributed by atoms with van der Waals surface area (Å²) in [5.74, 6) is -0.595. The van der Waals surface area contributed by atoms with Crippen LogP contribution in [-0.2, 0) is 0 Å². The van der Waals surface area contributed by atoms with E-state index >= 15 is 0 Å². The first-order valence-corrected chi connectivity index (χ1v) is 7.08. The first-order chi connectivity index (χ1) is 11.0. The number of imidazole rings is 1. The van der Waals surface area contributed by atoms with Gasteiger partial charge in [0, 0.05) is 11.3 Å². The van der Waals surface area contributed by atoms with Crippen LogP contribution in [0.3, 0.4) is 0 Å². The molecule has 1 amide bonds. The molecule has 0 aliphatic carbocycles. The number of carbonyl (C=O) groups is 1. The van der Waals surface area contributed by atoms with Crippen LogP contribution >= 0.6 is 24.0 Å². The molecule has 4 N–H and O–H groups in total. The van der Waals surface area contributed by atoms with Gasteiger partial charge in [-0.15, -0.1) is 12.4 Å². The third-order valence-corrected chi connectivity index (χ3v) is 3.52. The number of nitrogens with two attached hydrogens (primary N) is 1. The van der Waals surface area contributed by atoms with E-state index in [1.165, 1.54) is 12.1 Å². The van der Waals surface area contributed by atoms with Crippen LogP contribution in [0.15, 0.2) is 48.7 Å². The Hall–Kier alpha value is -2.57. The lowest BCUT2D eigenvalue weighted by molar-refractivity contribution is 0.102. The third kappa shape index (κ3) is 3.84. The van der Waals surface area contributed by atoms with Crippen LogP contribution in [0.25, 0.3) is 11.3 Å². The van der Waals surface area contributed by atoms with E-state index in [1.54, 1.807) is 18.3 Å². The maximum absolute atomic E-state index is 13.1. The molecule has 0 aliphatic rings. The molecule has 3 rings (SSSR count). The number of rotatable bonds is 3. The van der Waals surface area contributed by atoms with Crippen LogP contribution in [0.1, 0.15) is 10.4 Å². The molecular weight excluding hydrogens is 354 g/mol. The number of nitrogens with zero attached hydrogens (tertiary/aromatic N) is 1. The quantitative estimate of drug-likeness (QED) is 0.651. The van der Waals surface area contributed by atoms with E-state index in [-0.39, 0.29) is 28.9 Å². The second-order valence-corrected chi connectivity index (χ2v) is 5.25. The Bertz CT molecular complexity index is 865. The van der Waals surface area contributed by atoms with E-state index in [0.29, 0.717) is 11.6 Å². The van der Waals surface area contributed by atoms with Gasteiger partial charge in [-0.3, -0.25) is 4.79 Å². The Morgan fingerprint density at radius 2 is 1.92 bits per heavy atom. The molecule has 0 radical (unpaired) electrons. The molecule has 24 heavy (non-hydrogen) atoms. The third-order valence-electron chi connectivity index (χ3n) is 3.23. The Morgan fingerprint density at radius 1 is 1.21 bits per heavy atom. The molecule has 124 valence electrons. The molecule has 0 aliphatic heterocycles. The van der Waals surface area contributed by atoms with E-state index in [1.807, 2.05) is 12.1 Å². The number of aromatic nitrogens is 2. The number of benzene rings is 2. The van der Waals surface area contributed by atoms with E-state index in [2.05, 4.69) is 15.3 Å². The fourth-order valence-corrected chi connectivity index (χ4v) is 2.24. The molecule has 2 aromatic carbocycles. The summed E-state index contributed by atoms with van der Waals surface area (Å²) in [6.45, 7) is 0. The van der Waals surface area contributed by atoms with Gasteiger partial charge in [-0.05, 0) is 35.9 Å². The summed E-state index contributed by atoms with van der Waals surface area (Å²) < 4.78 is 13.1. The normalized spacial score (nSPS) is 10.1. The van der Waals surface area contributed by atoms with Gasteiger partial charge in [-0.25, -0.2) is 9.37 Å². The fraction of sp³-hybridized carbons (Fsp3) is 0. The Morgan fingerprint density at radius 3 is 2.50 bits per heavy atom. The highest BCUT2D eigenvalue weighted by Crippen LogP contribution is 2.21. The number of nitrogen functional groups attached to an aromatic ring is 1. The van der Waals surface area contributed by atoms with Crippen LogP contribution in [0, 0.1) is 5.82 Å². The summed E-state index contributed by atoms with van der Waals surface area (Å²) in [4.78, 5) is 19.0. The van der Waals surface area contributed by atoms with Crippen molar-refractivity contribution in [3.05, 3.63) is 65.1 Å². The van der Waals surface area contributed by atoms with Gasteiger partial charge < -0.3 is 16.0 Å². The maximum atomic E-state index is 13.1. The molecule has 0 unspecified atom stereocenters. The van der Waals surface area contributed by atoms with Crippen molar-refractivity contribution in [2.24, 2.45) is 0 Å². The second kappa shape index (κ2) is 7.33. The fourth-order valence-electron chi connectivity index (χ4n) is 2.06. The van der Waals surface area contributed by atoms with Crippen molar-refractivity contribution in [1.29, 1.82) is 0 Å². The minimum absolute atomic E-state index is 0. The summed E-state index contributed by atoms with van der Waals surface area (Å²) in [6, 6.07) is 10.9.